The maximum Gasteiger partial charge on any atom is 0.129 e. The number of hydrogen-bond donors (Lipinski definition) is 0. The summed E-state index contributed by atoms with van der Waals surface area (Å²) in [7, 11) is 0. The van der Waals surface area contributed by atoms with E-state index in [0.717, 1.165) is 19.7 Å². The molecule has 2 nitrogen and oxygen atoms in total. The average Bonchev–Trinajstić information content (AvgIpc) is 2.67. The predicted molar refractivity (Wildman–Crippen MR) is 56.8 cm³/mol. The molecule has 0 saturated carbocycles. The second-order valence-corrected chi connectivity index (χ2v) is 3.45. The molecular weight excluding hydrogens is 174 g/mol. The quantitative estimate of drug-likeness (QED) is 0.675. The van der Waals surface area contributed by atoms with Crippen molar-refractivity contribution in [1.82, 2.24) is 4.90 Å². The Kier molecular flexibility index (Phi) is 2.96. The van der Waals surface area contributed by atoms with E-state index in [2.05, 4.69) is 35.7 Å². The molecule has 74 valence electrons. The van der Waals surface area contributed by atoms with E-state index in [1.165, 1.54) is 5.56 Å². The summed E-state index contributed by atoms with van der Waals surface area (Å²) in [5, 5.41) is 0. The van der Waals surface area contributed by atoms with Crippen molar-refractivity contribution in [3.05, 3.63) is 48.6 Å². The van der Waals surface area contributed by atoms with E-state index in [1.54, 1.807) is 0 Å². The van der Waals surface area contributed by atoms with Gasteiger partial charge in [-0.05, 0) is 11.6 Å². The highest BCUT2D eigenvalue weighted by molar-refractivity contribution is 5.14. The molecule has 0 aromatic heterocycles. The van der Waals surface area contributed by atoms with Crippen LogP contribution in [0.3, 0.4) is 0 Å². The van der Waals surface area contributed by atoms with Gasteiger partial charge in [0.05, 0.1) is 6.61 Å². The lowest BCUT2D eigenvalue weighted by molar-refractivity contribution is 0.0700. The highest BCUT2D eigenvalue weighted by atomic mass is 16.5. The van der Waals surface area contributed by atoms with E-state index < -0.39 is 0 Å². The van der Waals surface area contributed by atoms with Crippen LogP contribution in [0.4, 0.5) is 0 Å². The molecule has 0 spiro atoms. The van der Waals surface area contributed by atoms with Crippen molar-refractivity contribution in [3.8, 4) is 0 Å². The smallest absolute Gasteiger partial charge is 0.129 e. The van der Waals surface area contributed by atoms with Gasteiger partial charge >= 0.3 is 0 Å². The normalized spacial score (nSPS) is 22.4. The van der Waals surface area contributed by atoms with Crippen LogP contribution in [-0.4, -0.2) is 24.3 Å². The molecule has 2 rings (SSSR count). The number of hydrogen-bond acceptors (Lipinski definition) is 2. The van der Waals surface area contributed by atoms with E-state index in [-0.39, 0.29) is 6.23 Å². The van der Waals surface area contributed by atoms with Gasteiger partial charge in [0.25, 0.3) is 0 Å². The maximum absolute atomic E-state index is 5.49. The third-order valence-corrected chi connectivity index (χ3v) is 2.46. The lowest BCUT2D eigenvalue weighted by Crippen LogP contribution is -2.27. The molecule has 2 heteroatoms. The molecule has 0 N–H and O–H groups in total. The first-order valence-corrected chi connectivity index (χ1v) is 4.92. The summed E-state index contributed by atoms with van der Waals surface area (Å²) >= 11 is 0. The Bertz CT molecular complexity index is 296. The van der Waals surface area contributed by atoms with Crippen LogP contribution in [0.5, 0.6) is 0 Å². The number of nitrogens with zero attached hydrogens (tertiary/aromatic N) is 1. The van der Waals surface area contributed by atoms with Crippen molar-refractivity contribution < 1.29 is 4.74 Å². The lowest BCUT2D eigenvalue weighted by atomic mass is 10.2. The van der Waals surface area contributed by atoms with Crippen LogP contribution in [0.15, 0.2) is 43.0 Å². The summed E-state index contributed by atoms with van der Waals surface area (Å²) in [6.45, 7) is 6.51. The summed E-state index contributed by atoms with van der Waals surface area (Å²) in [5.74, 6) is 0. The van der Waals surface area contributed by atoms with Crippen LogP contribution >= 0.6 is 0 Å². The van der Waals surface area contributed by atoms with E-state index in [0.29, 0.717) is 0 Å². The van der Waals surface area contributed by atoms with Gasteiger partial charge in [0, 0.05) is 13.1 Å². The Morgan fingerprint density at radius 2 is 2.21 bits per heavy atom. The molecule has 1 aliphatic rings. The van der Waals surface area contributed by atoms with E-state index in [1.807, 2.05) is 12.1 Å². The first kappa shape index (κ1) is 9.44. The average molecular weight is 189 g/mol. The summed E-state index contributed by atoms with van der Waals surface area (Å²) in [4.78, 5) is 2.28. The van der Waals surface area contributed by atoms with Gasteiger partial charge in [-0.3, -0.25) is 4.90 Å². The van der Waals surface area contributed by atoms with Gasteiger partial charge in [0.2, 0.25) is 0 Å². The summed E-state index contributed by atoms with van der Waals surface area (Å²) < 4.78 is 5.49. The molecule has 1 aromatic carbocycles. The molecule has 1 heterocycles. The fraction of sp³-hybridized carbons (Fsp3) is 0.333. The van der Waals surface area contributed by atoms with Gasteiger partial charge in [-0.2, -0.15) is 0 Å². The number of benzene rings is 1. The summed E-state index contributed by atoms with van der Waals surface area (Å²) in [6, 6.07) is 10.4. The van der Waals surface area contributed by atoms with Crippen molar-refractivity contribution >= 4 is 0 Å². The first-order chi connectivity index (χ1) is 6.90. The summed E-state index contributed by atoms with van der Waals surface area (Å²) in [6.07, 6.45) is 1.95. The van der Waals surface area contributed by atoms with E-state index in [9.17, 15) is 0 Å². The summed E-state index contributed by atoms with van der Waals surface area (Å²) in [5.41, 5.74) is 1.32. The Labute approximate surface area is 84.8 Å². The first-order valence-electron chi connectivity index (χ1n) is 4.92. The Morgan fingerprint density at radius 1 is 1.43 bits per heavy atom. The Balaban J connectivity index is 2.00. The second kappa shape index (κ2) is 4.40. The molecule has 14 heavy (non-hydrogen) atoms. The van der Waals surface area contributed by atoms with Crippen LogP contribution in [-0.2, 0) is 11.3 Å². The van der Waals surface area contributed by atoms with Crippen molar-refractivity contribution in [3.63, 3.8) is 0 Å². The van der Waals surface area contributed by atoms with Gasteiger partial charge in [-0.1, -0.05) is 36.9 Å². The SMILES string of the molecule is C=CC1OCCN1Cc1ccccc1. The minimum absolute atomic E-state index is 0.0928. The standard InChI is InChI=1S/C12H15NO/c1-2-12-13(8-9-14-12)10-11-6-4-3-5-7-11/h2-7,12H,1,8-10H2. The topological polar surface area (TPSA) is 12.5 Å². The maximum atomic E-state index is 5.49. The predicted octanol–water partition coefficient (Wildman–Crippen LogP) is 2.03. The van der Waals surface area contributed by atoms with Gasteiger partial charge in [0.15, 0.2) is 0 Å². The van der Waals surface area contributed by atoms with Crippen LogP contribution in [0.1, 0.15) is 5.56 Å². The largest absolute Gasteiger partial charge is 0.358 e. The van der Waals surface area contributed by atoms with Crippen molar-refractivity contribution in [1.29, 1.82) is 0 Å². The molecule has 1 atom stereocenters. The molecule has 1 saturated heterocycles. The molecule has 1 fully saturated rings. The molecule has 1 aliphatic heterocycles. The molecule has 1 aromatic rings. The van der Waals surface area contributed by atoms with Crippen LogP contribution in [0.25, 0.3) is 0 Å². The van der Waals surface area contributed by atoms with Gasteiger partial charge in [-0.25, -0.2) is 0 Å². The third-order valence-electron chi connectivity index (χ3n) is 2.46. The monoisotopic (exact) mass is 189 g/mol. The van der Waals surface area contributed by atoms with Gasteiger partial charge in [0.1, 0.15) is 6.23 Å². The van der Waals surface area contributed by atoms with Gasteiger partial charge < -0.3 is 4.74 Å². The highest BCUT2D eigenvalue weighted by Gasteiger charge is 2.21. The molecule has 0 amide bonds. The fourth-order valence-electron chi connectivity index (χ4n) is 1.73. The molecule has 0 bridgehead atoms. The molecule has 1 unspecified atom stereocenters. The Hall–Kier alpha value is -1.12. The van der Waals surface area contributed by atoms with Crippen LogP contribution in [0.2, 0.25) is 0 Å². The number of ether oxygens (including phenoxy) is 1. The minimum Gasteiger partial charge on any atom is -0.358 e. The highest BCUT2D eigenvalue weighted by Crippen LogP contribution is 2.14. The van der Waals surface area contributed by atoms with Crippen LogP contribution in [0, 0.1) is 0 Å². The third kappa shape index (κ3) is 2.03. The molecule has 0 aliphatic carbocycles. The van der Waals surface area contributed by atoms with Crippen LogP contribution < -0.4 is 0 Å². The molecular formula is C12H15NO. The minimum atomic E-state index is 0.0928. The van der Waals surface area contributed by atoms with Gasteiger partial charge in [-0.15, -0.1) is 0 Å². The lowest BCUT2D eigenvalue weighted by Gasteiger charge is -2.19. The fourth-order valence-corrected chi connectivity index (χ4v) is 1.73. The Morgan fingerprint density at radius 3 is 2.93 bits per heavy atom. The zero-order valence-electron chi connectivity index (χ0n) is 8.23. The van der Waals surface area contributed by atoms with Crippen molar-refractivity contribution in [2.75, 3.05) is 13.2 Å². The van der Waals surface area contributed by atoms with Crippen molar-refractivity contribution in [2.45, 2.75) is 12.8 Å². The number of rotatable bonds is 3. The van der Waals surface area contributed by atoms with Crippen molar-refractivity contribution in [2.24, 2.45) is 0 Å². The van der Waals surface area contributed by atoms with E-state index >= 15 is 0 Å². The zero-order chi connectivity index (χ0) is 9.80. The zero-order valence-corrected chi connectivity index (χ0v) is 8.23. The second-order valence-electron chi connectivity index (χ2n) is 3.45. The van der Waals surface area contributed by atoms with E-state index in [4.69, 9.17) is 4.74 Å². The molecule has 0 radical (unpaired) electrons.